The number of anilines is 1. The highest BCUT2D eigenvalue weighted by molar-refractivity contribution is 6.35. The molecule has 0 fully saturated rings. The van der Waals surface area contributed by atoms with E-state index in [1.807, 2.05) is 41.1 Å². The van der Waals surface area contributed by atoms with Gasteiger partial charge in [0.05, 0.1) is 12.1 Å². The number of halogens is 3. The third-order valence-electron chi connectivity index (χ3n) is 4.22. The summed E-state index contributed by atoms with van der Waals surface area (Å²) in [5.74, 6) is 0.720. The van der Waals surface area contributed by atoms with Crippen molar-refractivity contribution in [1.29, 1.82) is 0 Å². The van der Waals surface area contributed by atoms with Crippen LogP contribution in [0.3, 0.4) is 0 Å². The molecular weight excluding hydrogens is 367 g/mol. The van der Waals surface area contributed by atoms with Gasteiger partial charge in [-0.15, -0.1) is 0 Å². The van der Waals surface area contributed by atoms with Crippen LogP contribution < -0.4 is 5.32 Å². The first-order chi connectivity index (χ1) is 11.6. The van der Waals surface area contributed by atoms with Crippen molar-refractivity contribution in [2.75, 3.05) is 5.32 Å². The van der Waals surface area contributed by atoms with Gasteiger partial charge in [-0.25, -0.2) is 4.68 Å². The molecule has 2 atom stereocenters. The molecular formula is C17H13Cl3N4. The van der Waals surface area contributed by atoms with Gasteiger partial charge >= 0.3 is 0 Å². The molecule has 4 rings (SSSR count). The fourth-order valence-corrected chi connectivity index (χ4v) is 3.72. The van der Waals surface area contributed by atoms with Crippen molar-refractivity contribution in [1.82, 2.24) is 14.8 Å². The fourth-order valence-electron chi connectivity index (χ4n) is 3.06. The van der Waals surface area contributed by atoms with Gasteiger partial charge in [0.25, 0.3) is 0 Å². The number of nitrogens with one attached hydrogen (secondary N) is 1. The molecule has 0 radical (unpaired) electrons. The molecule has 0 aliphatic carbocycles. The average Bonchev–Trinajstić information content (AvgIpc) is 3.03. The highest BCUT2D eigenvalue weighted by Crippen LogP contribution is 2.40. The molecule has 0 saturated heterocycles. The molecule has 2 heterocycles. The van der Waals surface area contributed by atoms with Crippen molar-refractivity contribution in [3.63, 3.8) is 0 Å². The number of benzene rings is 2. The summed E-state index contributed by atoms with van der Waals surface area (Å²) < 4.78 is 1.86. The van der Waals surface area contributed by atoms with Gasteiger partial charge in [-0.3, -0.25) is 0 Å². The van der Waals surface area contributed by atoms with Crippen LogP contribution in [-0.4, -0.2) is 14.8 Å². The minimum absolute atomic E-state index is 0.0193. The molecule has 0 bridgehead atoms. The van der Waals surface area contributed by atoms with E-state index in [0.29, 0.717) is 10.0 Å². The van der Waals surface area contributed by atoms with Gasteiger partial charge in [0, 0.05) is 15.1 Å². The Kier molecular flexibility index (Phi) is 4.12. The number of aromatic nitrogens is 3. The Morgan fingerprint density at radius 1 is 1.00 bits per heavy atom. The lowest BCUT2D eigenvalue weighted by Gasteiger charge is -2.32. The van der Waals surface area contributed by atoms with E-state index in [9.17, 15) is 0 Å². The Morgan fingerprint density at radius 3 is 2.50 bits per heavy atom. The molecule has 0 saturated carbocycles. The molecule has 4 nitrogen and oxygen atoms in total. The summed E-state index contributed by atoms with van der Waals surface area (Å²) in [7, 11) is 0. The van der Waals surface area contributed by atoms with Crippen LogP contribution in [0.5, 0.6) is 0 Å². The zero-order valence-corrected chi connectivity index (χ0v) is 14.7. The summed E-state index contributed by atoms with van der Waals surface area (Å²) in [5, 5.41) is 9.74. The first-order valence-corrected chi connectivity index (χ1v) is 8.61. The molecule has 0 spiro atoms. The molecule has 1 aliphatic heterocycles. The Balaban J connectivity index is 1.75. The van der Waals surface area contributed by atoms with E-state index in [1.54, 1.807) is 12.4 Å². The lowest BCUT2D eigenvalue weighted by atomic mass is 9.93. The van der Waals surface area contributed by atoms with Gasteiger partial charge in [-0.1, -0.05) is 53.0 Å². The second-order valence-corrected chi connectivity index (χ2v) is 6.97. The van der Waals surface area contributed by atoms with E-state index < -0.39 is 0 Å². The average molecular weight is 380 g/mol. The topological polar surface area (TPSA) is 42.7 Å². The standard InChI is InChI=1S/C17H13Cl3N4/c18-11-3-1-10(2-4-11)15-8-16(24-17(23-15)21-9-22-24)13-6-5-12(19)7-14(13)20/h1-7,9,15-16H,8H2,(H,21,22,23)/t15-,16-/m0/s1. The van der Waals surface area contributed by atoms with Crippen LogP contribution in [-0.2, 0) is 0 Å². The van der Waals surface area contributed by atoms with Gasteiger partial charge < -0.3 is 5.32 Å². The summed E-state index contributed by atoms with van der Waals surface area (Å²) in [6, 6.07) is 13.5. The summed E-state index contributed by atoms with van der Waals surface area (Å²) in [4.78, 5) is 4.32. The third-order valence-corrected chi connectivity index (χ3v) is 5.04. The number of nitrogens with zero attached hydrogens (tertiary/aromatic N) is 3. The van der Waals surface area contributed by atoms with E-state index in [4.69, 9.17) is 34.8 Å². The van der Waals surface area contributed by atoms with Crippen molar-refractivity contribution < 1.29 is 0 Å². The lowest BCUT2D eigenvalue weighted by Crippen LogP contribution is -2.28. The SMILES string of the molecule is Clc1ccc([C@@H]2C[C@@H](c3ccc(Cl)cc3Cl)n3ncnc3N2)cc1. The molecule has 3 aromatic rings. The van der Waals surface area contributed by atoms with E-state index in [-0.39, 0.29) is 12.1 Å². The molecule has 0 unspecified atom stereocenters. The monoisotopic (exact) mass is 378 g/mol. The molecule has 1 N–H and O–H groups in total. The highest BCUT2D eigenvalue weighted by atomic mass is 35.5. The highest BCUT2D eigenvalue weighted by Gasteiger charge is 2.31. The van der Waals surface area contributed by atoms with E-state index in [2.05, 4.69) is 15.4 Å². The molecule has 0 amide bonds. The zero-order valence-electron chi connectivity index (χ0n) is 12.5. The Hall–Kier alpha value is -1.75. The predicted molar refractivity (Wildman–Crippen MR) is 97.1 cm³/mol. The van der Waals surface area contributed by atoms with Crippen LogP contribution in [0.2, 0.25) is 15.1 Å². The molecule has 122 valence electrons. The molecule has 7 heteroatoms. The van der Waals surface area contributed by atoms with Gasteiger partial charge in [0.1, 0.15) is 6.33 Å². The Bertz CT molecular complexity index is 876. The fraction of sp³-hybridized carbons (Fsp3) is 0.176. The van der Waals surface area contributed by atoms with E-state index in [1.165, 1.54) is 0 Å². The molecule has 1 aromatic heterocycles. The number of rotatable bonds is 2. The van der Waals surface area contributed by atoms with Crippen molar-refractivity contribution in [2.24, 2.45) is 0 Å². The van der Waals surface area contributed by atoms with Crippen LogP contribution >= 0.6 is 34.8 Å². The first-order valence-electron chi connectivity index (χ1n) is 7.48. The maximum atomic E-state index is 6.43. The van der Waals surface area contributed by atoms with Crippen molar-refractivity contribution in [3.8, 4) is 0 Å². The molecule has 1 aliphatic rings. The van der Waals surface area contributed by atoms with Crippen LogP contribution in [0.15, 0.2) is 48.8 Å². The van der Waals surface area contributed by atoms with Crippen molar-refractivity contribution in [2.45, 2.75) is 18.5 Å². The normalized spacial score (nSPS) is 19.6. The maximum Gasteiger partial charge on any atom is 0.222 e. The lowest BCUT2D eigenvalue weighted by molar-refractivity contribution is 0.431. The second kappa shape index (κ2) is 6.28. The van der Waals surface area contributed by atoms with Crippen LogP contribution in [0, 0.1) is 0 Å². The van der Waals surface area contributed by atoms with Crippen molar-refractivity contribution in [3.05, 3.63) is 75.0 Å². The summed E-state index contributed by atoms with van der Waals surface area (Å²) in [5.41, 5.74) is 2.12. The quantitative estimate of drug-likeness (QED) is 0.649. The smallest absolute Gasteiger partial charge is 0.222 e. The maximum absolute atomic E-state index is 6.43. The minimum atomic E-state index is -0.0193. The van der Waals surface area contributed by atoms with Crippen LogP contribution in [0.25, 0.3) is 0 Å². The van der Waals surface area contributed by atoms with Gasteiger partial charge in [0.2, 0.25) is 5.95 Å². The molecule has 2 aromatic carbocycles. The van der Waals surface area contributed by atoms with Gasteiger partial charge in [0.15, 0.2) is 0 Å². The number of hydrogen-bond acceptors (Lipinski definition) is 3. The second-order valence-electron chi connectivity index (χ2n) is 5.69. The largest absolute Gasteiger partial charge is 0.348 e. The summed E-state index contributed by atoms with van der Waals surface area (Å²) in [6.07, 6.45) is 2.34. The minimum Gasteiger partial charge on any atom is -0.348 e. The number of hydrogen-bond donors (Lipinski definition) is 1. The Morgan fingerprint density at radius 2 is 1.75 bits per heavy atom. The predicted octanol–water partition coefficient (Wildman–Crippen LogP) is 5.38. The van der Waals surface area contributed by atoms with E-state index >= 15 is 0 Å². The van der Waals surface area contributed by atoms with Crippen molar-refractivity contribution >= 4 is 40.8 Å². The molecule has 24 heavy (non-hydrogen) atoms. The van der Waals surface area contributed by atoms with Crippen LogP contribution in [0.1, 0.15) is 29.6 Å². The third kappa shape index (κ3) is 2.86. The van der Waals surface area contributed by atoms with E-state index in [0.717, 1.165) is 28.5 Å². The van der Waals surface area contributed by atoms with Crippen LogP contribution in [0.4, 0.5) is 5.95 Å². The number of fused-ring (bicyclic) bond motifs is 1. The summed E-state index contributed by atoms with van der Waals surface area (Å²) in [6.45, 7) is 0. The first kappa shape index (κ1) is 15.8. The Labute approximate surface area is 154 Å². The summed E-state index contributed by atoms with van der Waals surface area (Å²) >= 11 is 18.5. The van der Waals surface area contributed by atoms with Gasteiger partial charge in [-0.05, 0) is 41.8 Å². The van der Waals surface area contributed by atoms with Gasteiger partial charge in [-0.2, -0.15) is 10.1 Å². The zero-order chi connectivity index (χ0) is 16.7.